The fourth-order valence-corrected chi connectivity index (χ4v) is 2.28. The summed E-state index contributed by atoms with van der Waals surface area (Å²) in [5.41, 5.74) is 2.28. The van der Waals surface area contributed by atoms with Gasteiger partial charge < -0.3 is 5.32 Å². The van der Waals surface area contributed by atoms with Crippen LogP contribution in [0, 0.1) is 0 Å². The predicted molar refractivity (Wildman–Crippen MR) is 69.4 cm³/mol. The van der Waals surface area contributed by atoms with E-state index in [1.807, 2.05) is 31.6 Å². The van der Waals surface area contributed by atoms with Gasteiger partial charge in [0, 0.05) is 23.8 Å². The molecule has 2 aromatic rings. The molecule has 16 heavy (non-hydrogen) atoms. The average molecular weight is 280 g/mol. The Balaban J connectivity index is 2.14. The van der Waals surface area contributed by atoms with Crippen LogP contribution >= 0.6 is 15.9 Å². The zero-order chi connectivity index (χ0) is 11.5. The third-order valence-corrected chi connectivity index (χ3v) is 3.18. The van der Waals surface area contributed by atoms with E-state index in [9.17, 15) is 0 Å². The minimum atomic E-state index is 0.250. The molecule has 0 bridgehead atoms. The van der Waals surface area contributed by atoms with Crippen molar-refractivity contribution in [3.63, 3.8) is 0 Å². The number of aryl methyl sites for hydroxylation is 1. The second-order valence-electron chi connectivity index (χ2n) is 3.79. The van der Waals surface area contributed by atoms with Crippen molar-refractivity contribution in [2.45, 2.75) is 13.0 Å². The van der Waals surface area contributed by atoms with E-state index >= 15 is 0 Å². The maximum absolute atomic E-state index is 4.13. The van der Waals surface area contributed by atoms with E-state index in [1.54, 1.807) is 4.68 Å². The molecule has 1 heterocycles. The largest absolute Gasteiger partial charge is 0.376 e. The van der Waals surface area contributed by atoms with Crippen LogP contribution in [-0.4, -0.2) is 9.78 Å². The molecule has 0 aliphatic heterocycles. The van der Waals surface area contributed by atoms with Crippen molar-refractivity contribution in [3.8, 4) is 0 Å². The highest BCUT2D eigenvalue weighted by Crippen LogP contribution is 2.25. The summed E-state index contributed by atoms with van der Waals surface area (Å²) in [7, 11) is 1.91. The van der Waals surface area contributed by atoms with Gasteiger partial charge in [-0.2, -0.15) is 5.10 Å². The van der Waals surface area contributed by atoms with Gasteiger partial charge in [0.2, 0.25) is 0 Å². The molecule has 0 saturated heterocycles. The van der Waals surface area contributed by atoms with E-state index in [-0.39, 0.29) is 6.04 Å². The summed E-state index contributed by atoms with van der Waals surface area (Å²) in [5.74, 6) is 0. The highest BCUT2D eigenvalue weighted by molar-refractivity contribution is 9.10. The highest BCUT2D eigenvalue weighted by Gasteiger charge is 2.08. The lowest BCUT2D eigenvalue weighted by Gasteiger charge is -2.15. The molecular formula is C12H14BrN3. The van der Waals surface area contributed by atoms with Gasteiger partial charge >= 0.3 is 0 Å². The molecule has 84 valence electrons. The van der Waals surface area contributed by atoms with Crippen molar-refractivity contribution in [1.29, 1.82) is 0 Å². The maximum Gasteiger partial charge on any atom is 0.0731 e. The van der Waals surface area contributed by atoms with Crippen molar-refractivity contribution < 1.29 is 0 Å². The summed E-state index contributed by atoms with van der Waals surface area (Å²) < 4.78 is 2.91. The Kier molecular flexibility index (Phi) is 3.29. The van der Waals surface area contributed by atoms with E-state index in [0.29, 0.717) is 0 Å². The molecule has 1 atom stereocenters. The van der Waals surface area contributed by atoms with Gasteiger partial charge in [-0.15, -0.1) is 0 Å². The van der Waals surface area contributed by atoms with Crippen LogP contribution in [-0.2, 0) is 7.05 Å². The Hall–Kier alpha value is -1.29. The van der Waals surface area contributed by atoms with Crippen LogP contribution in [0.15, 0.2) is 41.1 Å². The molecule has 0 saturated carbocycles. The number of aromatic nitrogens is 2. The second kappa shape index (κ2) is 4.70. The van der Waals surface area contributed by atoms with Crippen LogP contribution in [0.3, 0.4) is 0 Å². The quantitative estimate of drug-likeness (QED) is 0.934. The SMILES string of the molecule is CC(Nc1cnn(C)c1)c1ccccc1Br. The summed E-state index contributed by atoms with van der Waals surface area (Å²) >= 11 is 3.55. The molecule has 0 aliphatic rings. The molecule has 1 unspecified atom stereocenters. The summed E-state index contributed by atoms with van der Waals surface area (Å²) in [6, 6.07) is 8.47. The smallest absolute Gasteiger partial charge is 0.0731 e. The lowest BCUT2D eigenvalue weighted by atomic mass is 10.1. The number of halogens is 1. The normalized spacial score (nSPS) is 12.4. The Morgan fingerprint density at radius 2 is 2.12 bits per heavy atom. The fraction of sp³-hybridized carbons (Fsp3) is 0.250. The standard InChI is InChI=1S/C12H14BrN3/c1-9(11-5-3-4-6-12(11)13)15-10-7-14-16(2)8-10/h3-9,15H,1-2H3. The molecule has 3 nitrogen and oxygen atoms in total. The first-order chi connectivity index (χ1) is 7.66. The Morgan fingerprint density at radius 3 is 2.75 bits per heavy atom. The van der Waals surface area contributed by atoms with Crippen LogP contribution in [0.25, 0.3) is 0 Å². The molecule has 0 fully saturated rings. The van der Waals surface area contributed by atoms with Crippen LogP contribution < -0.4 is 5.32 Å². The van der Waals surface area contributed by atoms with Gasteiger partial charge in [-0.1, -0.05) is 34.1 Å². The highest BCUT2D eigenvalue weighted by atomic mass is 79.9. The van der Waals surface area contributed by atoms with E-state index in [4.69, 9.17) is 0 Å². The van der Waals surface area contributed by atoms with Gasteiger partial charge in [-0.3, -0.25) is 4.68 Å². The van der Waals surface area contributed by atoms with Gasteiger partial charge in [-0.05, 0) is 18.6 Å². The molecule has 2 rings (SSSR count). The van der Waals surface area contributed by atoms with Crippen molar-refractivity contribution >= 4 is 21.6 Å². The summed E-state index contributed by atoms with van der Waals surface area (Å²) in [6.45, 7) is 2.13. The number of hydrogen-bond donors (Lipinski definition) is 1. The molecule has 1 aromatic heterocycles. The zero-order valence-corrected chi connectivity index (χ0v) is 10.9. The number of benzene rings is 1. The minimum absolute atomic E-state index is 0.250. The number of anilines is 1. The van der Waals surface area contributed by atoms with Gasteiger partial charge in [0.15, 0.2) is 0 Å². The average Bonchev–Trinajstić information content (AvgIpc) is 2.64. The molecule has 1 aromatic carbocycles. The number of hydrogen-bond acceptors (Lipinski definition) is 2. The number of nitrogens with one attached hydrogen (secondary N) is 1. The summed E-state index contributed by atoms with van der Waals surface area (Å²) in [4.78, 5) is 0. The van der Waals surface area contributed by atoms with Gasteiger partial charge in [-0.25, -0.2) is 0 Å². The minimum Gasteiger partial charge on any atom is -0.376 e. The van der Waals surface area contributed by atoms with Crippen LogP contribution in [0.1, 0.15) is 18.5 Å². The molecule has 1 N–H and O–H groups in total. The monoisotopic (exact) mass is 279 g/mol. The van der Waals surface area contributed by atoms with Crippen molar-refractivity contribution in [2.75, 3.05) is 5.32 Å². The van der Waals surface area contributed by atoms with E-state index in [1.165, 1.54) is 5.56 Å². The molecule has 0 amide bonds. The first kappa shape index (κ1) is 11.2. The van der Waals surface area contributed by atoms with Crippen LogP contribution in [0.4, 0.5) is 5.69 Å². The van der Waals surface area contributed by atoms with Crippen LogP contribution in [0.5, 0.6) is 0 Å². The second-order valence-corrected chi connectivity index (χ2v) is 4.64. The first-order valence-corrected chi connectivity index (χ1v) is 5.95. The molecule has 0 spiro atoms. The van der Waals surface area contributed by atoms with Gasteiger partial charge in [0.1, 0.15) is 0 Å². The van der Waals surface area contributed by atoms with Gasteiger partial charge in [0.25, 0.3) is 0 Å². The number of nitrogens with zero attached hydrogens (tertiary/aromatic N) is 2. The zero-order valence-electron chi connectivity index (χ0n) is 9.31. The first-order valence-electron chi connectivity index (χ1n) is 5.16. The molecule has 0 aliphatic carbocycles. The molecule has 4 heteroatoms. The van der Waals surface area contributed by atoms with Crippen molar-refractivity contribution in [3.05, 3.63) is 46.7 Å². The lowest BCUT2D eigenvalue weighted by Crippen LogP contribution is -2.06. The van der Waals surface area contributed by atoms with E-state index < -0.39 is 0 Å². The topological polar surface area (TPSA) is 29.9 Å². The van der Waals surface area contributed by atoms with Crippen molar-refractivity contribution in [1.82, 2.24) is 9.78 Å². The fourth-order valence-electron chi connectivity index (χ4n) is 1.65. The Morgan fingerprint density at radius 1 is 1.38 bits per heavy atom. The third kappa shape index (κ3) is 2.44. The Labute approximate surface area is 104 Å². The maximum atomic E-state index is 4.13. The summed E-state index contributed by atoms with van der Waals surface area (Å²) in [5, 5.41) is 7.53. The van der Waals surface area contributed by atoms with E-state index in [0.717, 1.165) is 10.2 Å². The lowest BCUT2D eigenvalue weighted by molar-refractivity contribution is 0.767. The molecular weight excluding hydrogens is 266 g/mol. The number of rotatable bonds is 3. The predicted octanol–water partition coefficient (Wildman–Crippen LogP) is 3.36. The van der Waals surface area contributed by atoms with Gasteiger partial charge in [0.05, 0.1) is 11.9 Å². The van der Waals surface area contributed by atoms with Crippen LogP contribution in [0.2, 0.25) is 0 Å². The summed E-state index contributed by atoms with van der Waals surface area (Å²) in [6.07, 6.45) is 3.79. The van der Waals surface area contributed by atoms with E-state index in [2.05, 4.69) is 45.4 Å². The Bertz CT molecular complexity index is 479. The molecule has 0 radical (unpaired) electrons. The van der Waals surface area contributed by atoms with Crippen molar-refractivity contribution in [2.24, 2.45) is 7.05 Å². The third-order valence-electron chi connectivity index (χ3n) is 2.46.